The van der Waals surface area contributed by atoms with Gasteiger partial charge in [0.25, 0.3) is 0 Å². The standard InChI is InChI=1S/C21H37N7/c1-4-9-27-10-7-19(8-11-27)25-21(22-2)24-17-18-5-6-20(23-16-18)28-14-12-26(3)13-15-28/h5-6,16,19H,4,7-15,17H2,1-3H3,(H2,22,24,25). The fourth-order valence-electron chi connectivity index (χ4n) is 3.93. The number of rotatable bonds is 6. The number of pyridine rings is 1. The molecule has 2 aliphatic rings. The van der Waals surface area contributed by atoms with Crippen LogP contribution in [0.4, 0.5) is 5.82 Å². The molecule has 2 aliphatic heterocycles. The molecule has 7 heteroatoms. The van der Waals surface area contributed by atoms with E-state index in [0.717, 1.165) is 44.5 Å². The van der Waals surface area contributed by atoms with E-state index < -0.39 is 0 Å². The lowest BCUT2D eigenvalue weighted by Crippen LogP contribution is -2.48. The maximum atomic E-state index is 4.67. The fraction of sp³-hybridized carbons (Fsp3) is 0.714. The molecule has 156 valence electrons. The molecule has 2 N–H and O–H groups in total. The van der Waals surface area contributed by atoms with E-state index in [4.69, 9.17) is 0 Å². The summed E-state index contributed by atoms with van der Waals surface area (Å²) in [5.74, 6) is 1.97. The Kier molecular flexibility index (Phi) is 7.91. The van der Waals surface area contributed by atoms with Gasteiger partial charge in [0.1, 0.15) is 5.82 Å². The molecule has 0 atom stereocenters. The lowest BCUT2D eigenvalue weighted by molar-refractivity contribution is 0.206. The van der Waals surface area contributed by atoms with Gasteiger partial charge >= 0.3 is 0 Å². The summed E-state index contributed by atoms with van der Waals surface area (Å²) in [7, 11) is 4.02. The Balaban J connectivity index is 1.42. The Morgan fingerprint density at radius 2 is 1.89 bits per heavy atom. The van der Waals surface area contributed by atoms with E-state index in [1.807, 2.05) is 13.2 Å². The fourth-order valence-corrected chi connectivity index (χ4v) is 3.93. The van der Waals surface area contributed by atoms with Crippen molar-refractivity contribution in [3.05, 3.63) is 23.9 Å². The highest BCUT2D eigenvalue weighted by Crippen LogP contribution is 2.14. The van der Waals surface area contributed by atoms with E-state index in [1.54, 1.807) is 0 Å². The van der Waals surface area contributed by atoms with Crippen LogP contribution in [0.15, 0.2) is 23.3 Å². The third-order valence-corrected chi connectivity index (χ3v) is 5.79. The van der Waals surface area contributed by atoms with Gasteiger partial charge in [-0.2, -0.15) is 0 Å². The van der Waals surface area contributed by atoms with Crippen molar-refractivity contribution >= 4 is 11.8 Å². The Labute approximate surface area is 170 Å². The molecule has 2 fully saturated rings. The predicted molar refractivity (Wildman–Crippen MR) is 117 cm³/mol. The van der Waals surface area contributed by atoms with Crippen molar-refractivity contribution in [1.29, 1.82) is 0 Å². The van der Waals surface area contributed by atoms with Crippen molar-refractivity contribution in [2.45, 2.75) is 38.8 Å². The number of aliphatic imine (C=N–C) groups is 1. The summed E-state index contributed by atoms with van der Waals surface area (Å²) in [5.41, 5.74) is 1.18. The van der Waals surface area contributed by atoms with Crippen LogP contribution in [0.2, 0.25) is 0 Å². The molecular formula is C21H37N7. The Morgan fingerprint density at radius 1 is 1.14 bits per heavy atom. The number of piperidine rings is 1. The summed E-state index contributed by atoms with van der Waals surface area (Å²) in [6.45, 7) is 10.9. The van der Waals surface area contributed by atoms with Crippen molar-refractivity contribution in [3.8, 4) is 0 Å². The summed E-state index contributed by atoms with van der Waals surface area (Å²) < 4.78 is 0. The zero-order chi connectivity index (χ0) is 19.8. The molecule has 0 aliphatic carbocycles. The van der Waals surface area contributed by atoms with Gasteiger partial charge < -0.3 is 25.3 Å². The van der Waals surface area contributed by atoms with Gasteiger partial charge in [0.05, 0.1) is 0 Å². The predicted octanol–water partition coefficient (Wildman–Crippen LogP) is 1.37. The summed E-state index contributed by atoms with van der Waals surface area (Å²) in [6.07, 6.45) is 5.59. The lowest BCUT2D eigenvalue weighted by atomic mass is 10.1. The number of piperazine rings is 1. The van der Waals surface area contributed by atoms with Gasteiger partial charge in [0, 0.05) is 65.1 Å². The highest BCUT2D eigenvalue weighted by Gasteiger charge is 2.19. The van der Waals surface area contributed by atoms with Gasteiger partial charge in [-0.3, -0.25) is 4.99 Å². The molecule has 0 unspecified atom stereocenters. The number of nitrogens with one attached hydrogen (secondary N) is 2. The minimum atomic E-state index is 0.511. The first kappa shape index (κ1) is 20.9. The minimum absolute atomic E-state index is 0.511. The first-order valence-electron chi connectivity index (χ1n) is 10.8. The average molecular weight is 388 g/mol. The monoisotopic (exact) mass is 387 g/mol. The third-order valence-electron chi connectivity index (χ3n) is 5.79. The minimum Gasteiger partial charge on any atom is -0.354 e. The molecule has 0 bridgehead atoms. The molecule has 3 heterocycles. The van der Waals surface area contributed by atoms with Gasteiger partial charge in [-0.25, -0.2) is 4.98 Å². The van der Waals surface area contributed by atoms with Gasteiger partial charge in [-0.1, -0.05) is 13.0 Å². The number of hydrogen-bond donors (Lipinski definition) is 2. The summed E-state index contributed by atoms with van der Waals surface area (Å²) in [6, 6.07) is 4.82. The first-order valence-corrected chi connectivity index (χ1v) is 10.8. The molecule has 0 amide bonds. The van der Waals surface area contributed by atoms with Gasteiger partial charge in [-0.15, -0.1) is 0 Å². The molecule has 0 spiro atoms. The first-order chi connectivity index (χ1) is 13.7. The molecule has 1 aromatic heterocycles. The van der Waals surface area contributed by atoms with Crippen LogP contribution in [0, 0.1) is 0 Å². The summed E-state index contributed by atoms with van der Waals surface area (Å²) >= 11 is 0. The van der Waals surface area contributed by atoms with Crippen molar-refractivity contribution in [2.24, 2.45) is 4.99 Å². The zero-order valence-corrected chi connectivity index (χ0v) is 17.8. The van der Waals surface area contributed by atoms with Crippen molar-refractivity contribution in [3.63, 3.8) is 0 Å². The smallest absolute Gasteiger partial charge is 0.191 e. The number of aromatic nitrogens is 1. The molecule has 3 rings (SSSR count). The zero-order valence-electron chi connectivity index (χ0n) is 17.8. The molecule has 0 saturated carbocycles. The van der Waals surface area contributed by atoms with Crippen LogP contribution in [0.3, 0.4) is 0 Å². The van der Waals surface area contributed by atoms with Gasteiger partial charge in [0.2, 0.25) is 0 Å². The topological polar surface area (TPSA) is 59.0 Å². The normalized spacial score (nSPS) is 20.4. The molecule has 1 aromatic rings. The Bertz CT molecular complexity index is 600. The highest BCUT2D eigenvalue weighted by molar-refractivity contribution is 5.79. The number of hydrogen-bond acceptors (Lipinski definition) is 5. The molecule has 2 saturated heterocycles. The van der Waals surface area contributed by atoms with Crippen molar-refractivity contribution in [1.82, 2.24) is 25.4 Å². The Morgan fingerprint density at radius 3 is 2.50 bits per heavy atom. The highest BCUT2D eigenvalue weighted by atomic mass is 15.3. The summed E-state index contributed by atoms with van der Waals surface area (Å²) in [4.78, 5) is 16.4. The number of nitrogens with zero attached hydrogens (tertiary/aromatic N) is 5. The SMILES string of the molecule is CCCN1CCC(NC(=NC)NCc2ccc(N3CCN(C)CC3)nc2)CC1. The van der Waals surface area contributed by atoms with Crippen LogP contribution in [-0.4, -0.2) is 86.7 Å². The number of anilines is 1. The second-order valence-electron chi connectivity index (χ2n) is 8.00. The van der Waals surface area contributed by atoms with Crippen molar-refractivity contribution in [2.75, 3.05) is 64.8 Å². The van der Waals surface area contributed by atoms with Crippen LogP contribution in [0.1, 0.15) is 31.7 Å². The van der Waals surface area contributed by atoms with E-state index >= 15 is 0 Å². The van der Waals surface area contributed by atoms with Gasteiger partial charge in [-0.05, 0) is 44.5 Å². The Hall–Kier alpha value is -1.86. The van der Waals surface area contributed by atoms with Crippen LogP contribution >= 0.6 is 0 Å². The van der Waals surface area contributed by atoms with E-state index in [0.29, 0.717) is 6.04 Å². The third kappa shape index (κ3) is 6.07. The maximum absolute atomic E-state index is 4.67. The van der Waals surface area contributed by atoms with E-state index in [2.05, 4.69) is 61.4 Å². The quantitative estimate of drug-likeness (QED) is 0.568. The molecule has 0 radical (unpaired) electrons. The summed E-state index contributed by atoms with van der Waals surface area (Å²) in [5, 5.41) is 7.02. The van der Waals surface area contributed by atoms with Crippen LogP contribution < -0.4 is 15.5 Å². The van der Waals surface area contributed by atoms with E-state index in [-0.39, 0.29) is 0 Å². The second-order valence-corrected chi connectivity index (χ2v) is 8.00. The van der Waals surface area contributed by atoms with Crippen LogP contribution in [0.25, 0.3) is 0 Å². The largest absolute Gasteiger partial charge is 0.354 e. The van der Waals surface area contributed by atoms with E-state index in [1.165, 1.54) is 44.5 Å². The van der Waals surface area contributed by atoms with Crippen molar-refractivity contribution < 1.29 is 0 Å². The van der Waals surface area contributed by atoms with Crippen LogP contribution in [-0.2, 0) is 6.54 Å². The number of guanidine groups is 1. The molecule has 0 aromatic carbocycles. The lowest BCUT2D eigenvalue weighted by Gasteiger charge is -2.33. The molecule has 28 heavy (non-hydrogen) atoms. The van der Waals surface area contributed by atoms with Crippen LogP contribution in [0.5, 0.6) is 0 Å². The van der Waals surface area contributed by atoms with E-state index in [9.17, 15) is 0 Å². The number of likely N-dealkylation sites (tertiary alicyclic amines) is 1. The molecule has 7 nitrogen and oxygen atoms in total. The number of likely N-dealkylation sites (N-methyl/N-ethyl adjacent to an activating group) is 1. The van der Waals surface area contributed by atoms with Gasteiger partial charge in [0.15, 0.2) is 5.96 Å². The maximum Gasteiger partial charge on any atom is 0.191 e. The molecular weight excluding hydrogens is 350 g/mol. The average Bonchev–Trinajstić information content (AvgIpc) is 2.73. The second kappa shape index (κ2) is 10.6.